The zero-order valence-corrected chi connectivity index (χ0v) is 15.2. The fourth-order valence-corrected chi connectivity index (χ4v) is 4.15. The highest BCUT2D eigenvalue weighted by Crippen LogP contribution is 2.32. The molecule has 0 bridgehead atoms. The molecule has 0 N–H and O–H groups in total. The molecule has 0 aliphatic heterocycles. The maximum Gasteiger partial charge on any atom is 0.253 e. The zero-order valence-electron chi connectivity index (χ0n) is 14.4. The van der Waals surface area contributed by atoms with Crippen molar-refractivity contribution in [3.8, 4) is 0 Å². The van der Waals surface area contributed by atoms with E-state index in [1.807, 2.05) is 30.3 Å². The van der Waals surface area contributed by atoms with Crippen molar-refractivity contribution in [2.75, 3.05) is 0 Å². The van der Waals surface area contributed by atoms with Crippen LogP contribution in [0.3, 0.4) is 0 Å². The number of hydrogen-bond acceptors (Lipinski definition) is 6. The molecule has 0 fully saturated rings. The Labute approximate surface area is 159 Å². The van der Waals surface area contributed by atoms with Gasteiger partial charge in [-0.3, -0.25) is 4.79 Å². The Balaban J connectivity index is 1.42. The fourth-order valence-electron chi connectivity index (χ4n) is 3.37. The maximum atomic E-state index is 12.6. The van der Waals surface area contributed by atoms with E-state index in [4.69, 9.17) is 4.42 Å². The highest BCUT2D eigenvalue weighted by Gasteiger charge is 2.30. The van der Waals surface area contributed by atoms with E-state index in [1.54, 1.807) is 28.7 Å². The Hall–Kier alpha value is -2.93. The number of hydrogen-bond donors (Lipinski definition) is 0. The molecule has 7 heteroatoms. The van der Waals surface area contributed by atoms with Crippen LogP contribution in [0.1, 0.15) is 39.7 Å². The normalized spacial score (nSPS) is 16.6. The fraction of sp³-hybridized carbons (Fsp3) is 0.200. The van der Waals surface area contributed by atoms with Gasteiger partial charge in [-0.05, 0) is 17.7 Å². The van der Waals surface area contributed by atoms with Crippen molar-refractivity contribution in [2.45, 2.75) is 29.7 Å². The van der Waals surface area contributed by atoms with E-state index < -0.39 is 0 Å². The SMILES string of the molecule is O=C1C[C@@H](c2ccco2)Cc2nc3nc(SCc4ccccc4)nn3cc21. The molecule has 3 aromatic heterocycles. The number of ketones is 1. The molecular weight excluding hydrogens is 360 g/mol. The summed E-state index contributed by atoms with van der Waals surface area (Å²) in [5, 5.41) is 5.13. The summed E-state index contributed by atoms with van der Waals surface area (Å²) in [7, 11) is 0. The standard InChI is InChI=1S/C20H16N4O2S/c25-17-10-14(18-7-4-8-26-18)9-16-15(17)11-24-19(21-16)22-20(23-24)27-12-13-5-2-1-3-6-13/h1-8,11,14H,9-10,12H2/t14-/m0/s1. The van der Waals surface area contributed by atoms with Gasteiger partial charge in [0.25, 0.3) is 5.78 Å². The van der Waals surface area contributed by atoms with E-state index in [9.17, 15) is 4.79 Å². The third-order valence-electron chi connectivity index (χ3n) is 4.72. The second-order valence-electron chi connectivity index (χ2n) is 6.56. The number of aromatic nitrogens is 4. The first kappa shape index (κ1) is 16.3. The van der Waals surface area contributed by atoms with Crippen LogP contribution < -0.4 is 0 Å². The van der Waals surface area contributed by atoms with Crippen molar-refractivity contribution >= 4 is 23.3 Å². The van der Waals surface area contributed by atoms with Gasteiger partial charge in [-0.15, -0.1) is 5.10 Å². The molecule has 1 aromatic carbocycles. The van der Waals surface area contributed by atoms with E-state index >= 15 is 0 Å². The molecule has 4 aromatic rings. The minimum absolute atomic E-state index is 0.0322. The smallest absolute Gasteiger partial charge is 0.253 e. The second-order valence-corrected chi connectivity index (χ2v) is 7.50. The summed E-state index contributed by atoms with van der Waals surface area (Å²) in [5.41, 5.74) is 2.62. The number of Topliss-reactive ketones (excluding diaryl/α,β-unsaturated/α-hetero) is 1. The lowest BCUT2D eigenvalue weighted by molar-refractivity contribution is 0.0958. The van der Waals surface area contributed by atoms with Gasteiger partial charge < -0.3 is 4.42 Å². The van der Waals surface area contributed by atoms with Crippen LogP contribution in [-0.4, -0.2) is 25.4 Å². The molecule has 27 heavy (non-hydrogen) atoms. The highest BCUT2D eigenvalue weighted by molar-refractivity contribution is 7.98. The maximum absolute atomic E-state index is 12.6. The van der Waals surface area contributed by atoms with E-state index in [0.717, 1.165) is 17.2 Å². The predicted molar refractivity (Wildman–Crippen MR) is 101 cm³/mol. The van der Waals surface area contributed by atoms with Crippen LogP contribution in [0, 0.1) is 0 Å². The molecule has 0 unspecified atom stereocenters. The number of fused-ring (bicyclic) bond motifs is 2. The van der Waals surface area contributed by atoms with Gasteiger partial charge in [0.15, 0.2) is 5.78 Å². The number of benzene rings is 1. The van der Waals surface area contributed by atoms with E-state index in [-0.39, 0.29) is 11.7 Å². The van der Waals surface area contributed by atoms with Crippen molar-refractivity contribution in [3.05, 3.63) is 77.5 Å². The molecule has 5 rings (SSSR count). The Bertz CT molecular complexity index is 1110. The van der Waals surface area contributed by atoms with Crippen molar-refractivity contribution in [2.24, 2.45) is 0 Å². The van der Waals surface area contributed by atoms with E-state index in [0.29, 0.717) is 29.3 Å². The van der Waals surface area contributed by atoms with Crippen LogP contribution in [0.2, 0.25) is 0 Å². The van der Waals surface area contributed by atoms with Crippen molar-refractivity contribution in [3.63, 3.8) is 0 Å². The molecule has 134 valence electrons. The average Bonchev–Trinajstić information content (AvgIpc) is 3.35. The number of carbonyl (C=O) groups is 1. The van der Waals surface area contributed by atoms with Gasteiger partial charge >= 0.3 is 0 Å². The number of carbonyl (C=O) groups excluding carboxylic acids is 1. The topological polar surface area (TPSA) is 73.3 Å². The molecule has 0 spiro atoms. The average molecular weight is 376 g/mol. The Morgan fingerprint density at radius 2 is 2.00 bits per heavy atom. The molecule has 6 nitrogen and oxygen atoms in total. The van der Waals surface area contributed by atoms with Gasteiger partial charge in [-0.2, -0.15) is 4.98 Å². The first-order chi connectivity index (χ1) is 13.3. The largest absolute Gasteiger partial charge is 0.469 e. The lowest BCUT2D eigenvalue weighted by Gasteiger charge is -2.20. The van der Waals surface area contributed by atoms with Gasteiger partial charge in [-0.25, -0.2) is 9.50 Å². The lowest BCUT2D eigenvalue weighted by Crippen LogP contribution is -2.21. The van der Waals surface area contributed by atoms with E-state index in [2.05, 4.69) is 27.2 Å². The molecule has 0 radical (unpaired) electrons. The third kappa shape index (κ3) is 3.14. The molecule has 1 aliphatic rings. The monoisotopic (exact) mass is 376 g/mol. The number of rotatable bonds is 4. The molecule has 3 heterocycles. The summed E-state index contributed by atoms with van der Waals surface area (Å²) < 4.78 is 7.09. The quantitative estimate of drug-likeness (QED) is 0.503. The molecule has 0 saturated carbocycles. The minimum atomic E-state index is 0.0322. The summed E-state index contributed by atoms with van der Waals surface area (Å²) in [4.78, 5) is 21.7. The van der Waals surface area contributed by atoms with Crippen LogP contribution in [0.5, 0.6) is 0 Å². The van der Waals surface area contributed by atoms with Gasteiger partial charge in [0.1, 0.15) is 5.76 Å². The van der Waals surface area contributed by atoms with Crippen LogP contribution in [-0.2, 0) is 12.2 Å². The van der Waals surface area contributed by atoms with E-state index in [1.165, 1.54) is 5.56 Å². The molecule has 0 amide bonds. The first-order valence-corrected chi connectivity index (χ1v) is 9.74. The Morgan fingerprint density at radius 1 is 1.11 bits per heavy atom. The zero-order chi connectivity index (χ0) is 18.2. The number of furan rings is 1. The number of nitrogens with zero attached hydrogens (tertiary/aromatic N) is 4. The van der Waals surface area contributed by atoms with Crippen molar-refractivity contribution in [1.29, 1.82) is 0 Å². The van der Waals surface area contributed by atoms with Crippen molar-refractivity contribution < 1.29 is 9.21 Å². The summed E-state index contributed by atoms with van der Waals surface area (Å²) in [5.74, 6) is 2.25. The minimum Gasteiger partial charge on any atom is -0.469 e. The predicted octanol–water partition coefficient (Wildman–Crippen LogP) is 3.92. The lowest BCUT2D eigenvalue weighted by atomic mass is 9.85. The second kappa shape index (κ2) is 6.66. The summed E-state index contributed by atoms with van der Waals surface area (Å²) in [6.07, 6.45) is 4.50. The van der Waals surface area contributed by atoms with Crippen LogP contribution in [0.15, 0.2) is 64.5 Å². The van der Waals surface area contributed by atoms with Crippen LogP contribution in [0.25, 0.3) is 5.78 Å². The summed E-state index contributed by atoms with van der Waals surface area (Å²) >= 11 is 1.56. The van der Waals surface area contributed by atoms with Gasteiger partial charge in [0.2, 0.25) is 5.16 Å². The molecule has 1 aliphatic carbocycles. The Kier molecular flexibility index (Phi) is 4.01. The Morgan fingerprint density at radius 3 is 2.81 bits per heavy atom. The van der Waals surface area contributed by atoms with Crippen LogP contribution in [0.4, 0.5) is 0 Å². The van der Waals surface area contributed by atoms with Crippen molar-refractivity contribution in [1.82, 2.24) is 19.6 Å². The molecule has 1 atom stereocenters. The van der Waals surface area contributed by atoms with Crippen LogP contribution >= 0.6 is 11.8 Å². The van der Waals surface area contributed by atoms with Gasteiger partial charge in [0, 0.05) is 30.7 Å². The van der Waals surface area contributed by atoms with Gasteiger partial charge in [-0.1, -0.05) is 42.1 Å². The summed E-state index contributed by atoms with van der Waals surface area (Å²) in [6.45, 7) is 0. The number of thioether (sulfide) groups is 1. The summed E-state index contributed by atoms with van der Waals surface area (Å²) in [6, 6.07) is 13.9. The third-order valence-corrected chi connectivity index (χ3v) is 5.63. The van der Waals surface area contributed by atoms with Gasteiger partial charge in [0.05, 0.1) is 17.5 Å². The first-order valence-electron chi connectivity index (χ1n) is 8.76. The molecule has 0 saturated heterocycles. The highest BCUT2D eigenvalue weighted by atomic mass is 32.2. The molecular formula is C20H16N4O2S.